The van der Waals surface area contributed by atoms with E-state index in [9.17, 15) is 0 Å². The van der Waals surface area contributed by atoms with Crippen molar-refractivity contribution < 1.29 is 0 Å². The lowest BCUT2D eigenvalue weighted by molar-refractivity contribution is 0.719. The van der Waals surface area contributed by atoms with Gasteiger partial charge in [-0.1, -0.05) is 37.3 Å². The van der Waals surface area contributed by atoms with E-state index in [0.717, 1.165) is 22.2 Å². The molecular formula is C12H13BrN2. The van der Waals surface area contributed by atoms with Gasteiger partial charge in [0.25, 0.3) is 0 Å². The van der Waals surface area contributed by atoms with E-state index in [1.165, 1.54) is 5.69 Å². The van der Waals surface area contributed by atoms with Crippen LogP contribution in [0.25, 0.3) is 11.3 Å². The van der Waals surface area contributed by atoms with Crippen LogP contribution in [0.15, 0.2) is 34.8 Å². The summed E-state index contributed by atoms with van der Waals surface area (Å²) < 4.78 is 3.05. The van der Waals surface area contributed by atoms with Gasteiger partial charge in [-0.3, -0.25) is 4.68 Å². The third-order valence-corrected chi connectivity index (χ3v) is 3.32. The molecule has 0 amide bonds. The number of hydrogen-bond acceptors (Lipinski definition) is 1. The first kappa shape index (κ1) is 10.4. The maximum absolute atomic E-state index is 4.52. The van der Waals surface area contributed by atoms with Crippen molar-refractivity contribution in [1.82, 2.24) is 9.78 Å². The highest BCUT2D eigenvalue weighted by Gasteiger charge is 2.13. The van der Waals surface area contributed by atoms with Crippen LogP contribution in [0.2, 0.25) is 0 Å². The molecule has 0 spiro atoms. The van der Waals surface area contributed by atoms with E-state index >= 15 is 0 Å². The molecule has 0 fully saturated rings. The van der Waals surface area contributed by atoms with E-state index in [-0.39, 0.29) is 0 Å². The van der Waals surface area contributed by atoms with Crippen LogP contribution in [0, 0.1) is 0 Å². The van der Waals surface area contributed by atoms with Crippen molar-refractivity contribution in [2.24, 2.45) is 7.05 Å². The number of rotatable bonds is 2. The second-order valence-electron chi connectivity index (χ2n) is 3.45. The summed E-state index contributed by atoms with van der Waals surface area (Å²) in [6.45, 7) is 2.14. The molecule has 2 rings (SSSR count). The van der Waals surface area contributed by atoms with Crippen LogP contribution in [-0.2, 0) is 13.5 Å². The molecule has 0 N–H and O–H groups in total. The molecular weight excluding hydrogens is 252 g/mol. The molecule has 2 aromatic rings. The van der Waals surface area contributed by atoms with Crippen LogP contribution >= 0.6 is 15.9 Å². The van der Waals surface area contributed by atoms with E-state index < -0.39 is 0 Å². The first-order valence-corrected chi connectivity index (χ1v) is 5.80. The van der Waals surface area contributed by atoms with Crippen LogP contribution in [0.1, 0.15) is 12.6 Å². The smallest absolute Gasteiger partial charge is 0.107 e. The second kappa shape index (κ2) is 4.19. The molecule has 78 valence electrons. The quantitative estimate of drug-likeness (QED) is 0.813. The lowest BCUT2D eigenvalue weighted by Crippen LogP contribution is -1.96. The highest BCUT2D eigenvalue weighted by molar-refractivity contribution is 9.10. The maximum Gasteiger partial charge on any atom is 0.107 e. The molecule has 0 unspecified atom stereocenters. The zero-order valence-corrected chi connectivity index (χ0v) is 10.5. The number of halogens is 1. The number of hydrogen-bond donors (Lipinski definition) is 0. The molecule has 0 radical (unpaired) electrons. The van der Waals surface area contributed by atoms with Gasteiger partial charge in [-0.25, -0.2) is 0 Å². The zero-order chi connectivity index (χ0) is 10.8. The molecule has 0 atom stereocenters. The van der Waals surface area contributed by atoms with Crippen molar-refractivity contribution in [2.75, 3.05) is 0 Å². The molecule has 3 heteroatoms. The Hall–Kier alpha value is -1.09. The van der Waals surface area contributed by atoms with Gasteiger partial charge >= 0.3 is 0 Å². The summed E-state index contributed by atoms with van der Waals surface area (Å²) in [5, 5.41) is 4.52. The van der Waals surface area contributed by atoms with Crippen LogP contribution < -0.4 is 0 Å². The Labute approximate surface area is 98.1 Å². The van der Waals surface area contributed by atoms with E-state index in [1.807, 2.05) is 29.9 Å². The molecule has 1 aromatic heterocycles. The summed E-state index contributed by atoms with van der Waals surface area (Å²) in [4.78, 5) is 0. The molecule has 0 aliphatic heterocycles. The number of benzene rings is 1. The van der Waals surface area contributed by atoms with E-state index in [4.69, 9.17) is 0 Å². The van der Waals surface area contributed by atoms with Crippen LogP contribution in [0.5, 0.6) is 0 Å². The normalized spacial score (nSPS) is 10.6. The van der Waals surface area contributed by atoms with Gasteiger partial charge in [0.05, 0.1) is 10.2 Å². The molecule has 0 aliphatic carbocycles. The van der Waals surface area contributed by atoms with Gasteiger partial charge in [-0.05, 0) is 22.4 Å². The Morgan fingerprint density at radius 2 is 1.93 bits per heavy atom. The SMILES string of the molecule is CCc1c(Br)c(-c2ccccc2)nn1C. The lowest BCUT2D eigenvalue weighted by Gasteiger charge is -1.96. The zero-order valence-electron chi connectivity index (χ0n) is 8.87. The number of nitrogens with zero attached hydrogens (tertiary/aromatic N) is 2. The van der Waals surface area contributed by atoms with Crippen molar-refractivity contribution in [2.45, 2.75) is 13.3 Å². The van der Waals surface area contributed by atoms with Gasteiger partial charge in [0.1, 0.15) is 5.69 Å². The van der Waals surface area contributed by atoms with Crippen molar-refractivity contribution in [3.63, 3.8) is 0 Å². The molecule has 1 heterocycles. The standard InChI is InChI=1S/C12H13BrN2/c1-3-10-11(13)12(14-15(10)2)9-7-5-4-6-8-9/h4-8H,3H2,1-2H3. The number of aryl methyl sites for hydroxylation is 1. The fourth-order valence-corrected chi connectivity index (χ4v) is 2.54. The van der Waals surface area contributed by atoms with Crippen LogP contribution in [0.4, 0.5) is 0 Å². The monoisotopic (exact) mass is 264 g/mol. The Kier molecular flexibility index (Phi) is 2.91. The first-order valence-electron chi connectivity index (χ1n) is 5.00. The molecule has 15 heavy (non-hydrogen) atoms. The van der Waals surface area contributed by atoms with Crippen LogP contribution in [-0.4, -0.2) is 9.78 Å². The van der Waals surface area contributed by atoms with Gasteiger partial charge in [0, 0.05) is 12.6 Å². The third kappa shape index (κ3) is 1.84. The van der Waals surface area contributed by atoms with E-state index in [2.05, 4.69) is 40.1 Å². The predicted octanol–water partition coefficient (Wildman–Crippen LogP) is 3.41. The first-order chi connectivity index (χ1) is 7.24. The minimum atomic E-state index is 0.983. The predicted molar refractivity (Wildman–Crippen MR) is 65.7 cm³/mol. The Bertz CT molecular complexity index is 460. The molecule has 2 nitrogen and oxygen atoms in total. The minimum Gasteiger partial charge on any atom is -0.271 e. The van der Waals surface area contributed by atoms with Gasteiger partial charge in [-0.15, -0.1) is 0 Å². The van der Waals surface area contributed by atoms with Crippen molar-refractivity contribution in [3.05, 3.63) is 40.5 Å². The average molecular weight is 265 g/mol. The topological polar surface area (TPSA) is 17.8 Å². The van der Waals surface area contributed by atoms with Crippen LogP contribution in [0.3, 0.4) is 0 Å². The Balaban J connectivity index is 2.55. The van der Waals surface area contributed by atoms with Crippen molar-refractivity contribution >= 4 is 15.9 Å². The second-order valence-corrected chi connectivity index (χ2v) is 4.25. The average Bonchev–Trinajstić information content (AvgIpc) is 2.55. The van der Waals surface area contributed by atoms with E-state index in [1.54, 1.807) is 0 Å². The maximum atomic E-state index is 4.52. The van der Waals surface area contributed by atoms with Gasteiger partial charge < -0.3 is 0 Å². The Morgan fingerprint density at radius 3 is 2.47 bits per heavy atom. The summed E-state index contributed by atoms with van der Waals surface area (Å²) in [6, 6.07) is 10.2. The third-order valence-electron chi connectivity index (χ3n) is 2.48. The lowest BCUT2D eigenvalue weighted by atomic mass is 10.1. The molecule has 0 bridgehead atoms. The summed E-state index contributed by atoms with van der Waals surface area (Å²) in [5.41, 5.74) is 3.41. The fourth-order valence-electron chi connectivity index (χ4n) is 1.70. The summed E-state index contributed by atoms with van der Waals surface area (Å²) >= 11 is 3.62. The minimum absolute atomic E-state index is 0.983. The summed E-state index contributed by atoms with van der Waals surface area (Å²) in [6.07, 6.45) is 0.983. The largest absolute Gasteiger partial charge is 0.271 e. The van der Waals surface area contributed by atoms with Gasteiger partial charge in [0.2, 0.25) is 0 Å². The van der Waals surface area contributed by atoms with E-state index in [0.29, 0.717) is 0 Å². The molecule has 1 aromatic carbocycles. The van der Waals surface area contributed by atoms with Crippen molar-refractivity contribution in [1.29, 1.82) is 0 Å². The molecule has 0 aliphatic rings. The molecule has 0 saturated carbocycles. The number of aromatic nitrogens is 2. The van der Waals surface area contributed by atoms with Gasteiger partial charge in [-0.2, -0.15) is 5.10 Å². The highest BCUT2D eigenvalue weighted by atomic mass is 79.9. The summed E-state index contributed by atoms with van der Waals surface area (Å²) in [5.74, 6) is 0. The van der Waals surface area contributed by atoms with Gasteiger partial charge in [0.15, 0.2) is 0 Å². The summed E-state index contributed by atoms with van der Waals surface area (Å²) in [7, 11) is 1.98. The van der Waals surface area contributed by atoms with Crippen molar-refractivity contribution in [3.8, 4) is 11.3 Å². The Morgan fingerprint density at radius 1 is 1.27 bits per heavy atom. The fraction of sp³-hybridized carbons (Fsp3) is 0.250. The highest BCUT2D eigenvalue weighted by Crippen LogP contribution is 2.29. The molecule has 0 saturated heterocycles.